The standard InChI is InChI=1S/C61H68N10O6/c1-35-28-39-19-17-36(29-44(39)40-22-24-46-50(31-40)66-56(64-46)54-33-42-10-4-6-14-52(42)70(54)58(72)48(12-8-26-62)68-60(74)76-2)16-18-37-20-21-38(35)30-45(37)41-23-25-47-51(32-41)67-57(65-47)55-34-43-11-5-7-15-53(43)71(55)59(73)49(13-9-27-63)69-61(75)77-3/h17,19-25,29-32,35,42-43,48-49,52-55H,4-16,18,28,33-34H2,1-3H3,(H,64,66)(H,65,67)(H,68,74)(H,69,75). The molecule has 77 heavy (non-hydrogen) atoms. The zero-order valence-corrected chi connectivity index (χ0v) is 44.3. The molecule has 4 bridgehead atoms. The minimum Gasteiger partial charge on any atom is -0.453 e. The van der Waals surface area contributed by atoms with E-state index in [1.807, 2.05) is 9.80 Å². The van der Waals surface area contributed by atoms with E-state index in [0.717, 1.165) is 128 Å². The summed E-state index contributed by atoms with van der Waals surface area (Å²) < 4.78 is 9.77. The lowest BCUT2D eigenvalue weighted by Crippen LogP contribution is -2.51. The van der Waals surface area contributed by atoms with Crippen LogP contribution in [-0.4, -0.2) is 92.1 Å². The number of methoxy groups -OCH3 is 2. The Hall–Kier alpha value is -7.72. The zero-order chi connectivity index (χ0) is 53.3. The number of alkyl carbamates (subject to hydrolysis) is 2. The largest absolute Gasteiger partial charge is 0.453 e. The van der Waals surface area contributed by atoms with E-state index in [9.17, 15) is 29.7 Å². The number of nitrogens with zero attached hydrogens (tertiary/aromatic N) is 6. The van der Waals surface area contributed by atoms with Crippen molar-refractivity contribution in [2.24, 2.45) is 11.8 Å². The maximum absolute atomic E-state index is 14.5. The maximum atomic E-state index is 14.5. The second kappa shape index (κ2) is 22.1. The molecule has 6 aliphatic carbocycles. The molecular weight excluding hydrogens is 969 g/mol. The lowest BCUT2D eigenvalue weighted by atomic mass is 9.84. The Morgan fingerprint density at radius 2 is 1.16 bits per heavy atom. The average Bonchev–Trinajstić information content (AvgIpc) is 4.27. The van der Waals surface area contributed by atoms with Gasteiger partial charge in [0, 0.05) is 24.9 Å². The first-order valence-electron chi connectivity index (χ1n) is 27.8. The highest BCUT2D eigenvalue weighted by Crippen LogP contribution is 2.48. The molecule has 0 spiro atoms. The van der Waals surface area contributed by atoms with Crippen molar-refractivity contribution in [1.29, 1.82) is 10.5 Å². The molecule has 2 saturated heterocycles. The molecule has 9 unspecified atom stereocenters. The lowest BCUT2D eigenvalue weighted by molar-refractivity contribution is -0.138. The van der Waals surface area contributed by atoms with Gasteiger partial charge in [-0.3, -0.25) is 9.59 Å². The first-order valence-corrected chi connectivity index (χ1v) is 27.8. The van der Waals surface area contributed by atoms with Gasteiger partial charge in [0.25, 0.3) is 0 Å². The third-order valence-corrected chi connectivity index (χ3v) is 17.7. The van der Waals surface area contributed by atoms with Gasteiger partial charge in [-0.15, -0.1) is 0 Å². The van der Waals surface area contributed by atoms with Gasteiger partial charge < -0.3 is 39.9 Å². The van der Waals surface area contributed by atoms with Gasteiger partial charge in [-0.25, -0.2) is 19.6 Å². The van der Waals surface area contributed by atoms with Crippen molar-refractivity contribution in [1.82, 2.24) is 40.4 Å². The van der Waals surface area contributed by atoms with Gasteiger partial charge in [-0.1, -0.05) is 81.1 Å². The Labute approximate surface area is 449 Å². The van der Waals surface area contributed by atoms with Crippen molar-refractivity contribution in [2.45, 2.75) is 158 Å². The number of carbonyl (C=O) groups excluding carboxylic acids is 4. The number of fused-ring (bicyclic) bond motifs is 4. The highest BCUT2D eigenvalue weighted by atomic mass is 16.5. The summed E-state index contributed by atoms with van der Waals surface area (Å²) in [6, 6.07) is 28.8. The number of nitriles is 2. The molecule has 8 aliphatic rings. The number of benzene rings is 4. The first-order chi connectivity index (χ1) is 37.5. The topological polar surface area (TPSA) is 222 Å². The van der Waals surface area contributed by atoms with E-state index in [1.54, 1.807) is 0 Å². The van der Waals surface area contributed by atoms with Gasteiger partial charge in [0.2, 0.25) is 11.8 Å². The van der Waals surface area contributed by atoms with Crippen LogP contribution in [0.3, 0.4) is 0 Å². The fourth-order valence-corrected chi connectivity index (χ4v) is 13.8. The number of aromatic nitrogens is 4. The first kappa shape index (κ1) is 51.4. The Kier molecular flexibility index (Phi) is 14.7. The van der Waals surface area contributed by atoms with Crippen LogP contribution in [0.4, 0.5) is 9.59 Å². The third-order valence-electron chi connectivity index (χ3n) is 17.7. The van der Waals surface area contributed by atoms with Crippen LogP contribution in [0.15, 0.2) is 72.8 Å². The number of aromatic amines is 2. The van der Waals surface area contributed by atoms with Crippen molar-refractivity contribution >= 4 is 46.1 Å². The number of nitrogens with one attached hydrogen (secondary N) is 4. The van der Waals surface area contributed by atoms with Crippen molar-refractivity contribution < 1.29 is 28.7 Å². The number of hydrogen-bond acceptors (Lipinski definition) is 10. The molecule has 4 N–H and O–H groups in total. The molecule has 4 fully saturated rings. The summed E-state index contributed by atoms with van der Waals surface area (Å²) in [5, 5.41) is 24.3. The monoisotopic (exact) mass is 1040 g/mol. The normalized spacial score (nSPS) is 23.5. The van der Waals surface area contributed by atoms with Gasteiger partial charge in [-0.2, -0.15) is 10.5 Å². The average molecular weight is 1040 g/mol. The predicted octanol–water partition coefficient (Wildman–Crippen LogP) is 10.9. The SMILES string of the molecule is COC(=O)NC(CCC#N)C(=O)N1C(c2nc3ccc(-c4cc5ccc4CCc4ccc(c(-c6ccc7nc(C8CC9CCCCC9N8C(=O)C(CCC#N)NC(=O)OC)[nH]c7c6)c4)CC5C)cc3[nH]2)CC2CCCCC21. The van der Waals surface area contributed by atoms with E-state index in [0.29, 0.717) is 11.8 Å². The number of ether oxygens (including phenoxy) is 2. The second-order valence-electron chi connectivity index (χ2n) is 22.2. The van der Waals surface area contributed by atoms with Crippen LogP contribution in [0.5, 0.6) is 0 Å². The number of rotatable bonds is 12. The molecule has 9 atom stereocenters. The van der Waals surface area contributed by atoms with Gasteiger partial charge in [-0.05, 0) is 157 Å². The maximum Gasteiger partial charge on any atom is 0.407 e. The molecule has 2 saturated carbocycles. The molecule has 4 heterocycles. The van der Waals surface area contributed by atoms with Crippen LogP contribution >= 0.6 is 0 Å². The Morgan fingerprint density at radius 1 is 0.649 bits per heavy atom. The minimum absolute atomic E-state index is 0.0352. The fraction of sp³-hybridized carbons (Fsp3) is 0.475. The van der Waals surface area contributed by atoms with Gasteiger partial charge >= 0.3 is 12.2 Å². The minimum atomic E-state index is -0.874. The molecule has 2 aromatic heterocycles. The summed E-state index contributed by atoms with van der Waals surface area (Å²) in [6.07, 6.45) is 11.5. The fourth-order valence-electron chi connectivity index (χ4n) is 13.8. The lowest BCUT2D eigenvalue weighted by Gasteiger charge is -2.35. The number of likely N-dealkylation sites (tertiary alicyclic amines) is 2. The zero-order valence-electron chi connectivity index (χ0n) is 44.3. The summed E-state index contributed by atoms with van der Waals surface area (Å²) in [6.45, 7) is 2.30. The molecule has 6 aromatic rings. The molecule has 4 aromatic carbocycles. The smallest absolute Gasteiger partial charge is 0.407 e. The molecule has 14 rings (SSSR count). The van der Waals surface area contributed by atoms with E-state index >= 15 is 0 Å². The van der Waals surface area contributed by atoms with Gasteiger partial charge in [0.05, 0.1) is 60.5 Å². The summed E-state index contributed by atoms with van der Waals surface area (Å²) in [7, 11) is 2.55. The van der Waals surface area contributed by atoms with Gasteiger partial charge in [0.1, 0.15) is 23.7 Å². The third kappa shape index (κ3) is 10.2. The Balaban J connectivity index is 0.857. The highest BCUT2D eigenvalue weighted by Gasteiger charge is 2.49. The molecule has 16 heteroatoms. The van der Waals surface area contributed by atoms with E-state index in [1.165, 1.54) is 47.6 Å². The summed E-state index contributed by atoms with van der Waals surface area (Å²) >= 11 is 0. The quantitative estimate of drug-likeness (QED) is 0.0907. The van der Waals surface area contributed by atoms with Crippen LogP contribution in [0.1, 0.15) is 149 Å². The summed E-state index contributed by atoms with van der Waals surface area (Å²) in [5.74, 6) is 1.95. The molecule has 4 amide bonds. The van der Waals surface area contributed by atoms with E-state index in [-0.39, 0.29) is 67.6 Å². The van der Waals surface area contributed by atoms with Crippen molar-refractivity contribution in [2.75, 3.05) is 14.2 Å². The Bertz CT molecular complexity index is 3310. The number of hydrogen-bond donors (Lipinski definition) is 4. The highest BCUT2D eigenvalue weighted by molar-refractivity contribution is 5.89. The summed E-state index contributed by atoms with van der Waals surface area (Å²) in [5.41, 5.74) is 13.1. The van der Waals surface area contributed by atoms with Crippen LogP contribution in [0.25, 0.3) is 44.3 Å². The van der Waals surface area contributed by atoms with Crippen molar-refractivity contribution in [3.8, 4) is 34.4 Å². The number of aryl methyl sites for hydroxylation is 2. The molecule has 16 nitrogen and oxygen atoms in total. The van der Waals surface area contributed by atoms with E-state index in [2.05, 4.69) is 112 Å². The molecular formula is C61H68N10O6. The summed E-state index contributed by atoms with van der Waals surface area (Å²) in [4.78, 5) is 75.3. The van der Waals surface area contributed by atoms with Crippen LogP contribution in [-0.2, 0) is 38.3 Å². The molecule has 0 radical (unpaired) electrons. The van der Waals surface area contributed by atoms with E-state index < -0.39 is 24.3 Å². The van der Waals surface area contributed by atoms with Crippen molar-refractivity contribution in [3.63, 3.8) is 0 Å². The predicted molar refractivity (Wildman–Crippen MR) is 291 cm³/mol. The van der Waals surface area contributed by atoms with Crippen LogP contribution < -0.4 is 10.6 Å². The molecule has 2 aliphatic heterocycles. The number of carbonyl (C=O) groups is 4. The van der Waals surface area contributed by atoms with Crippen LogP contribution in [0, 0.1) is 34.5 Å². The van der Waals surface area contributed by atoms with E-state index in [4.69, 9.17) is 19.4 Å². The number of amides is 4. The number of imidazole rings is 2. The second-order valence-corrected chi connectivity index (χ2v) is 22.2. The van der Waals surface area contributed by atoms with Crippen LogP contribution in [0.2, 0.25) is 0 Å². The number of H-pyrrole nitrogens is 2. The van der Waals surface area contributed by atoms with Crippen molar-refractivity contribution in [3.05, 3.63) is 107 Å². The molecule has 398 valence electrons. The Morgan fingerprint density at radius 3 is 1.68 bits per heavy atom. The van der Waals surface area contributed by atoms with Gasteiger partial charge in [0.15, 0.2) is 0 Å².